The molecule has 0 unspecified atom stereocenters. The Labute approximate surface area is 210 Å². The minimum absolute atomic E-state index is 0.0551. The summed E-state index contributed by atoms with van der Waals surface area (Å²) in [6.45, 7) is 6.62. The van der Waals surface area contributed by atoms with Gasteiger partial charge in [-0.25, -0.2) is 13.4 Å². The molecule has 2 aliphatic rings. The number of anilines is 2. The van der Waals surface area contributed by atoms with Crippen molar-refractivity contribution in [3.05, 3.63) is 48.0 Å². The van der Waals surface area contributed by atoms with Crippen LogP contribution in [0.4, 0.5) is 10.8 Å². The van der Waals surface area contributed by atoms with E-state index in [4.69, 9.17) is 4.98 Å². The number of amides is 1. The van der Waals surface area contributed by atoms with Gasteiger partial charge in [-0.3, -0.25) is 4.79 Å². The van der Waals surface area contributed by atoms with Gasteiger partial charge in [-0.05, 0) is 57.1 Å². The molecular weight excluding hydrogens is 482 g/mol. The van der Waals surface area contributed by atoms with Gasteiger partial charge in [0.05, 0.1) is 15.1 Å². The van der Waals surface area contributed by atoms with Gasteiger partial charge in [-0.1, -0.05) is 29.0 Å². The second-order valence-corrected chi connectivity index (χ2v) is 12.4. The number of benzene rings is 2. The van der Waals surface area contributed by atoms with Gasteiger partial charge < -0.3 is 15.1 Å². The molecule has 1 N–H and O–H groups in total. The van der Waals surface area contributed by atoms with E-state index >= 15 is 0 Å². The maximum atomic E-state index is 12.9. The Hall–Kier alpha value is -2.53. The number of hydrogen-bond donors (Lipinski definition) is 1. The molecule has 35 heavy (non-hydrogen) atoms. The van der Waals surface area contributed by atoms with Gasteiger partial charge in [0, 0.05) is 50.9 Å². The summed E-state index contributed by atoms with van der Waals surface area (Å²) in [5, 5.41) is 4.07. The number of nitrogens with one attached hydrogen (secondary N) is 1. The highest BCUT2D eigenvalue weighted by Crippen LogP contribution is 2.32. The molecule has 0 spiro atoms. The van der Waals surface area contributed by atoms with Crippen LogP contribution in [0.5, 0.6) is 0 Å². The van der Waals surface area contributed by atoms with Crippen LogP contribution in [0.2, 0.25) is 0 Å². The third-order valence-electron chi connectivity index (χ3n) is 6.90. The zero-order valence-corrected chi connectivity index (χ0v) is 21.7. The molecule has 2 aromatic carbocycles. The molecular formula is C25H31N5O3S2. The number of sulfonamides is 1. The zero-order chi connectivity index (χ0) is 24.6. The van der Waals surface area contributed by atoms with Crippen LogP contribution in [0.1, 0.15) is 18.4 Å². The number of piperazine rings is 1. The van der Waals surface area contributed by atoms with Crippen molar-refractivity contribution in [3.63, 3.8) is 0 Å². The van der Waals surface area contributed by atoms with Crippen LogP contribution < -0.4 is 10.2 Å². The van der Waals surface area contributed by atoms with E-state index in [0.717, 1.165) is 52.8 Å². The van der Waals surface area contributed by atoms with Gasteiger partial charge in [0.2, 0.25) is 15.9 Å². The highest BCUT2D eigenvalue weighted by atomic mass is 32.2. The van der Waals surface area contributed by atoms with Crippen LogP contribution in [-0.4, -0.2) is 74.8 Å². The Morgan fingerprint density at radius 1 is 1.00 bits per heavy atom. The first kappa shape index (κ1) is 24.2. The molecule has 1 aromatic heterocycles. The van der Waals surface area contributed by atoms with Crippen LogP contribution in [0.25, 0.3) is 10.2 Å². The van der Waals surface area contributed by atoms with Crippen molar-refractivity contribution in [2.45, 2.75) is 24.7 Å². The Bertz CT molecular complexity index is 1310. The number of piperidine rings is 1. The molecule has 186 valence electrons. The van der Waals surface area contributed by atoms with E-state index in [0.29, 0.717) is 30.8 Å². The minimum Gasteiger partial charge on any atom is -0.345 e. The average Bonchev–Trinajstić information content (AvgIpc) is 3.28. The highest BCUT2D eigenvalue weighted by Gasteiger charge is 2.32. The molecule has 0 saturated carbocycles. The second-order valence-electron chi connectivity index (χ2n) is 9.45. The monoisotopic (exact) mass is 513 g/mol. The van der Waals surface area contributed by atoms with Crippen molar-refractivity contribution >= 4 is 48.3 Å². The molecule has 0 atom stereocenters. The third-order valence-corrected chi connectivity index (χ3v) is 9.89. The Kier molecular flexibility index (Phi) is 6.80. The van der Waals surface area contributed by atoms with Crippen molar-refractivity contribution < 1.29 is 13.2 Å². The summed E-state index contributed by atoms with van der Waals surface area (Å²) >= 11 is 1.66. The highest BCUT2D eigenvalue weighted by molar-refractivity contribution is 7.89. The molecule has 8 nitrogen and oxygen atoms in total. The molecule has 0 bridgehead atoms. The summed E-state index contributed by atoms with van der Waals surface area (Å²) in [5.41, 5.74) is 2.72. The molecule has 3 aromatic rings. The number of hydrogen-bond acceptors (Lipinski definition) is 7. The van der Waals surface area contributed by atoms with E-state index in [2.05, 4.69) is 22.2 Å². The van der Waals surface area contributed by atoms with Gasteiger partial charge in [-0.2, -0.15) is 4.31 Å². The maximum Gasteiger partial charge on any atom is 0.243 e. The van der Waals surface area contributed by atoms with Gasteiger partial charge >= 0.3 is 0 Å². The predicted octanol–water partition coefficient (Wildman–Crippen LogP) is 3.40. The van der Waals surface area contributed by atoms with Crippen LogP contribution >= 0.6 is 11.3 Å². The van der Waals surface area contributed by atoms with Gasteiger partial charge in [0.25, 0.3) is 0 Å². The summed E-state index contributed by atoms with van der Waals surface area (Å²) in [6.07, 6.45) is 1.01. The van der Waals surface area contributed by atoms with Crippen LogP contribution in [-0.2, 0) is 14.8 Å². The van der Waals surface area contributed by atoms with Gasteiger partial charge in [0.15, 0.2) is 5.13 Å². The fourth-order valence-electron chi connectivity index (χ4n) is 4.59. The standard InChI is InChI=1S/C25H31N5O3S2/c1-18-3-6-21(7-4-18)35(32,33)30-11-9-19(10-12-30)24(31)26-20-5-8-22-23(17-20)34-25(27-22)29-15-13-28(2)14-16-29/h3-8,17,19H,9-16H2,1-2H3,(H,26,31). The fourth-order valence-corrected chi connectivity index (χ4v) is 7.11. The summed E-state index contributed by atoms with van der Waals surface area (Å²) in [4.78, 5) is 22.7. The Morgan fingerprint density at radius 2 is 1.69 bits per heavy atom. The SMILES string of the molecule is Cc1ccc(S(=O)(=O)N2CCC(C(=O)Nc3ccc4nc(N5CCN(C)CC5)sc4c3)CC2)cc1. The van der Waals surface area contributed by atoms with Crippen LogP contribution in [0.3, 0.4) is 0 Å². The first-order valence-corrected chi connectivity index (χ1v) is 14.3. The number of carbonyl (C=O) groups is 1. The number of carbonyl (C=O) groups excluding carboxylic acids is 1. The normalized spacial score (nSPS) is 18.7. The first-order chi connectivity index (χ1) is 16.8. The van der Waals surface area contributed by atoms with E-state index in [-0.39, 0.29) is 11.8 Å². The topological polar surface area (TPSA) is 85.8 Å². The summed E-state index contributed by atoms with van der Waals surface area (Å²) in [5.74, 6) is -0.266. The Balaban J connectivity index is 1.20. The molecule has 1 amide bonds. The fraction of sp³-hybridized carbons (Fsp3) is 0.440. The van der Waals surface area contributed by atoms with Crippen molar-refractivity contribution in [2.75, 3.05) is 56.5 Å². The maximum absolute atomic E-state index is 12.9. The lowest BCUT2D eigenvalue weighted by atomic mass is 9.97. The number of thiazole rings is 1. The number of rotatable bonds is 5. The molecule has 3 heterocycles. The molecule has 0 radical (unpaired) electrons. The molecule has 5 rings (SSSR count). The predicted molar refractivity (Wildman–Crippen MR) is 141 cm³/mol. The van der Waals surface area contributed by atoms with Gasteiger partial charge in [-0.15, -0.1) is 0 Å². The van der Waals surface area contributed by atoms with Crippen molar-refractivity contribution in [3.8, 4) is 0 Å². The molecule has 2 saturated heterocycles. The van der Waals surface area contributed by atoms with Crippen LogP contribution in [0.15, 0.2) is 47.4 Å². The number of aromatic nitrogens is 1. The summed E-state index contributed by atoms with van der Waals surface area (Å²) in [7, 11) is -1.40. The van der Waals surface area contributed by atoms with Crippen molar-refractivity contribution in [2.24, 2.45) is 5.92 Å². The lowest BCUT2D eigenvalue weighted by Crippen LogP contribution is -2.44. The van der Waals surface area contributed by atoms with Gasteiger partial charge in [0.1, 0.15) is 0 Å². The quantitative estimate of drug-likeness (QED) is 0.563. The summed E-state index contributed by atoms with van der Waals surface area (Å²) in [6, 6.07) is 12.7. The molecule has 0 aliphatic carbocycles. The number of likely N-dealkylation sites (N-methyl/N-ethyl adjacent to an activating group) is 1. The first-order valence-electron chi connectivity index (χ1n) is 12.0. The third kappa shape index (κ3) is 5.20. The number of nitrogens with zero attached hydrogens (tertiary/aromatic N) is 4. The van der Waals surface area contributed by atoms with Crippen molar-refractivity contribution in [1.29, 1.82) is 0 Å². The molecule has 2 fully saturated rings. The van der Waals surface area contributed by atoms with Crippen LogP contribution in [0, 0.1) is 12.8 Å². The van der Waals surface area contributed by atoms with E-state index in [1.807, 2.05) is 25.1 Å². The number of aryl methyl sites for hydroxylation is 1. The van der Waals surface area contributed by atoms with Crippen molar-refractivity contribution in [1.82, 2.24) is 14.2 Å². The zero-order valence-electron chi connectivity index (χ0n) is 20.1. The Morgan fingerprint density at radius 3 is 2.37 bits per heavy atom. The number of fused-ring (bicyclic) bond motifs is 1. The molecule has 2 aliphatic heterocycles. The lowest BCUT2D eigenvalue weighted by molar-refractivity contribution is -0.120. The molecule has 10 heteroatoms. The van der Waals surface area contributed by atoms with E-state index in [1.165, 1.54) is 4.31 Å². The second kappa shape index (κ2) is 9.85. The smallest absolute Gasteiger partial charge is 0.243 e. The average molecular weight is 514 g/mol. The van der Waals surface area contributed by atoms with E-state index < -0.39 is 10.0 Å². The van der Waals surface area contributed by atoms with E-state index in [9.17, 15) is 13.2 Å². The minimum atomic E-state index is -3.53. The largest absolute Gasteiger partial charge is 0.345 e. The lowest BCUT2D eigenvalue weighted by Gasteiger charge is -2.32. The summed E-state index contributed by atoms with van der Waals surface area (Å²) < 4.78 is 28.4. The van der Waals surface area contributed by atoms with E-state index in [1.54, 1.807) is 35.6 Å².